The number of aromatic nitrogens is 3. The van der Waals surface area contributed by atoms with Gasteiger partial charge >= 0.3 is 0 Å². The molecule has 0 atom stereocenters. The van der Waals surface area contributed by atoms with Crippen molar-refractivity contribution in [3.8, 4) is 0 Å². The number of imidazole rings is 1. The zero-order valence-electron chi connectivity index (χ0n) is 11.4. The molecule has 106 valence electrons. The summed E-state index contributed by atoms with van der Waals surface area (Å²) in [6, 6.07) is 9.47. The second-order valence-electron chi connectivity index (χ2n) is 4.62. The van der Waals surface area contributed by atoms with Crippen molar-refractivity contribution < 1.29 is 4.79 Å². The first-order valence-electron chi connectivity index (χ1n) is 6.65. The number of para-hydroxylation sites is 1. The SMILES string of the molecule is NCCn1cnc(C(=O)Nc2cccc3cccnc23)c1. The first-order valence-corrected chi connectivity index (χ1v) is 6.65. The smallest absolute Gasteiger partial charge is 0.275 e. The molecule has 0 saturated heterocycles. The number of benzene rings is 1. The molecule has 1 amide bonds. The van der Waals surface area contributed by atoms with Gasteiger partial charge < -0.3 is 15.6 Å². The van der Waals surface area contributed by atoms with Crippen molar-refractivity contribution in [1.29, 1.82) is 0 Å². The summed E-state index contributed by atoms with van der Waals surface area (Å²) in [5, 5.41) is 3.82. The lowest BCUT2D eigenvalue weighted by Crippen LogP contribution is -2.13. The molecule has 0 radical (unpaired) electrons. The summed E-state index contributed by atoms with van der Waals surface area (Å²) < 4.78 is 1.79. The Morgan fingerprint density at radius 2 is 2.10 bits per heavy atom. The van der Waals surface area contributed by atoms with Crippen molar-refractivity contribution in [2.24, 2.45) is 5.73 Å². The third-order valence-electron chi connectivity index (χ3n) is 3.13. The van der Waals surface area contributed by atoms with Gasteiger partial charge in [-0.05, 0) is 12.1 Å². The summed E-state index contributed by atoms with van der Waals surface area (Å²) in [7, 11) is 0. The highest BCUT2D eigenvalue weighted by Crippen LogP contribution is 2.21. The van der Waals surface area contributed by atoms with Crippen LogP contribution in [0.5, 0.6) is 0 Å². The Labute approximate surface area is 121 Å². The van der Waals surface area contributed by atoms with Crippen LogP contribution in [0, 0.1) is 0 Å². The average molecular weight is 281 g/mol. The molecule has 0 aliphatic heterocycles. The summed E-state index contributed by atoms with van der Waals surface area (Å²) >= 11 is 0. The van der Waals surface area contributed by atoms with Crippen LogP contribution in [0.1, 0.15) is 10.5 Å². The molecule has 0 bridgehead atoms. The van der Waals surface area contributed by atoms with E-state index >= 15 is 0 Å². The Kier molecular flexibility index (Phi) is 3.61. The molecule has 6 nitrogen and oxygen atoms in total. The van der Waals surface area contributed by atoms with E-state index in [1.165, 1.54) is 0 Å². The van der Waals surface area contributed by atoms with Crippen molar-refractivity contribution in [3.63, 3.8) is 0 Å². The maximum absolute atomic E-state index is 12.2. The van der Waals surface area contributed by atoms with Gasteiger partial charge in [0, 0.05) is 30.9 Å². The van der Waals surface area contributed by atoms with Gasteiger partial charge in [0.05, 0.1) is 17.5 Å². The fourth-order valence-electron chi connectivity index (χ4n) is 2.14. The number of nitrogens with two attached hydrogens (primary N) is 1. The fourth-order valence-corrected chi connectivity index (χ4v) is 2.14. The van der Waals surface area contributed by atoms with Gasteiger partial charge in [-0.15, -0.1) is 0 Å². The Morgan fingerprint density at radius 1 is 1.24 bits per heavy atom. The molecule has 21 heavy (non-hydrogen) atoms. The summed E-state index contributed by atoms with van der Waals surface area (Å²) in [5.74, 6) is -0.260. The summed E-state index contributed by atoms with van der Waals surface area (Å²) in [6.07, 6.45) is 4.98. The zero-order chi connectivity index (χ0) is 14.7. The van der Waals surface area contributed by atoms with E-state index in [1.54, 1.807) is 23.3 Å². The Morgan fingerprint density at radius 3 is 2.95 bits per heavy atom. The first kappa shape index (κ1) is 13.3. The minimum absolute atomic E-state index is 0.260. The van der Waals surface area contributed by atoms with E-state index in [4.69, 9.17) is 5.73 Å². The molecule has 2 heterocycles. The topological polar surface area (TPSA) is 85.8 Å². The fraction of sp³-hybridized carbons (Fsp3) is 0.133. The van der Waals surface area contributed by atoms with E-state index in [-0.39, 0.29) is 5.91 Å². The lowest BCUT2D eigenvalue weighted by Gasteiger charge is -2.06. The summed E-state index contributed by atoms with van der Waals surface area (Å²) in [4.78, 5) is 20.6. The molecular weight excluding hydrogens is 266 g/mol. The van der Waals surface area contributed by atoms with Gasteiger partial charge in [-0.1, -0.05) is 18.2 Å². The lowest BCUT2D eigenvalue weighted by molar-refractivity contribution is 0.102. The number of nitrogens with zero attached hydrogens (tertiary/aromatic N) is 3. The Bertz CT molecular complexity index is 775. The molecule has 1 aromatic carbocycles. The molecule has 6 heteroatoms. The Hall–Kier alpha value is -2.73. The minimum Gasteiger partial charge on any atom is -0.335 e. The number of hydrogen-bond donors (Lipinski definition) is 2. The third-order valence-corrected chi connectivity index (χ3v) is 3.13. The van der Waals surface area contributed by atoms with E-state index in [9.17, 15) is 4.79 Å². The number of hydrogen-bond acceptors (Lipinski definition) is 4. The predicted octanol–water partition coefficient (Wildman–Crippen LogP) is 1.64. The van der Waals surface area contributed by atoms with Crippen LogP contribution in [0.4, 0.5) is 5.69 Å². The number of pyridine rings is 1. The molecule has 0 fully saturated rings. The zero-order valence-corrected chi connectivity index (χ0v) is 11.4. The molecule has 0 spiro atoms. The van der Waals surface area contributed by atoms with E-state index in [0.29, 0.717) is 24.5 Å². The molecule has 3 aromatic rings. The monoisotopic (exact) mass is 281 g/mol. The molecule has 0 saturated carbocycles. The van der Waals surface area contributed by atoms with Crippen molar-refractivity contribution in [2.45, 2.75) is 6.54 Å². The first-order chi connectivity index (χ1) is 10.3. The number of carbonyl (C=O) groups excluding carboxylic acids is 1. The van der Waals surface area contributed by atoms with Crippen LogP contribution in [-0.2, 0) is 6.54 Å². The number of anilines is 1. The highest BCUT2D eigenvalue weighted by atomic mass is 16.1. The van der Waals surface area contributed by atoms with E-state index < -0.39 is 0 Å². The number of rotatable bonds is 4. The summed E-state index contributed by atoms with van der Waals surface area (Å²) in [5.41, 5.74) is 7.26. The maximum Gasteiger partial charge on any atom is 0.275 e. The number of amides is 1. The highest BCUT2D eigenvalue weighted by molar-refractivity contribution is 6.07. The van der Waals surface area contributed by atoms with Crippen LogP contribution in [0.2, 0.25) is 0 Å². The minimum atomic E-state index is -0.260. The molecule has 0 aliphatic rings. The van der Waals surface area contributed by atoms with Crippen LogP contribution in [-0.4, -0.2) is 27.0 Å². The van der Waals surface area contributed by atoms with Gasteiger partial charge in [0.1, 0.15) is 5.69 Å². The van der Waals surface area contributed by atoms with Crippen molar-refractivity contribution in [2.75, 3.05) is 11.9 Å². The third kappa shape index (κ3) is 2.75. The van der Waals surface area contributed by atoms with E-state index in [0.717, 1.165) is 10.9 Å². The lowest BCUT2D eigenvalue weighted by atomic mass is 10.2. The molecule has 0 unspecified atom stereocenters. The molecule has 3 N–H and O–H groups in total. The van der Waals surface area contributed by atoms with Crippen LogP contribution >= 0.6 is 0 Å². The van der Waals surface area contributed by atoms with Crippen LogP contribution in [0.25, 0.3) is 10.9 Å². The molecular formula is C15H15N5O. The van der Waals surface area contributed by atoms with Crippen molar-refractivity contribution in [1.82, 2.24) is 14.5 Å². The normalized spacial score (nSPS) is 10.7. The van der Waals surface area contributed by atoms with Gasteiger partial charge in [-0.2, -0.15) is 0 Å². The van der Waals surface area contributed by atoms with Crippen LogP contribution in [0.15, 0.2) is 49.1 Å². The maximum atomic E-state index is 12.2. The van der Waals surface area contributed by atoms with Crippen molar-refractivity contribution >= 4 is 22.5 Å². The molecule has 0 aliphatic carbocycles. The van der Waals surface area contributed by atoms with Gasteiger partial charge in [-0.25, -0.2) is 4.98 Å². The number of nitrogens with one attached hydrogen (secondary N) is 1. The number of carbonyl (C=O) groups is 1. The van der Waals surface area contributed by atoms with Crippen LogP contribution < -0.4 is 11.1 Å². The largest absolute Gasteiger partial charge is 0.335 e. The van der Waals surface area contributed by atoms with Gasteiger partial charge in [-0.3, -0.25) is 9.78 Å². The second-order valence-corrected chi connectivity index (χ2v) is 4.62. The average Bonchev–Trinajstić information content (AvgIpc) is 2.97. The quantitative estimate of drug-likeness (QED) is 0.761. The standard InChI is InChI=1S/C15H15N5O/c16-6-8-20-9-13(18-10-20)15(21)19-12-5-1-3-11-4-2-7-17-14(11)12/h1-5,7,9-10H,6,8,16H2,(H,19,21). The summed E-state index contributed by atoms with van der Waals surface area (Å²) in [6.45, 7) is 1.14. The number of fused-ring (bicyclic) bond motifs is 1. The van der Waals surface area contributed by atoms with Gasteiger partial charge in [0.15, 0.2) is 0 Å². The molecule has 3 rings (SSSR count). The van der Waals surface area contributed by atoms with E-state index in [2.05, 4.69) is 15.3 Å². The van der Waals surface area contributed by atoms with E-state index in [1.807, 2.05) is 30.3 Å². The van der Waals surface area contributed by atoms with Gasteiger partial charge in [0.25, 0.3) is 5.91 Å². The highest BCUT2D eigenvalue weighted by Gasteiger charge is 2.11. The second kappa shape index (κ2) is 5.72. The molecule has 2 aromatic heterocycles. The Balaban J connectivity index is 1.85. The van der Waals surface area contributed by atoms with Crippen molar-refractivity contribution in [3.05, 3.63) is 54.7 Å². The van der Waals surface area contributed by atoms with Gasteiger partial charge in [0.2, 0.25) is 0 Å². The van der Waals surface area contributed by atoms with Crippen LogP contribution in [0.3, 0.4) is 0 Å². The predicted molar refractivity (Wildman–Crippen MR) is 81.0 cm³/mol.